The highest BCUT2D eigenvalue weighted by molar-refractivity contribution is 5.88. The highest BCUT2D eigenvalue weighted by Gasteiger charge is 3.43. The highest BCUT2D eigenvalue weighted by Crippen LogP contribution is 3.45. The van der Waals surface area contributed by atoms with Gasteiger partial charge in [0.1, 0.15) is 0 Å². The molecule has 0 aromatic heterocycles. The van der Waals surface area contributed by atoms with Crippen LogP contribution in [-0.4, -0.2) is 0 Å². The Morgan fingerprint density at radius 2 is 0.767 bits per heavy atom. The van der Waals surface area contributed by atoms with Gasteiger partial charge in [-0.3, -0.25) is 0 Å². The van der Waals surface area contributed by atoms with Gasteiger partial charge in [-0.1, -0.05) is 90.0 Å². The van der Waals surface area contributed by atoms with Crippen LogP contribution in [-0.2, 0) is 0 Å². The molecule has 0 aromatic rings. The van der Waals surface area contributed by atoms with Crippen molar-refractivity contribution in [2.75, 3.05) is 0 Å². The molecule has 0 aliphatic heterocycles. The van der Waals surface area contributed by atoms with Crippen molar-refractivity contribution in [3.8, 4) is 0 Å². The number of rotatable bonds is 0. The molecule has 0 aromatic carbocycles. The molecule has 0 unspecified atom stereocenters. The number of hydrogen-bond acceptors (Lipinski definition) is 0. The molecule has 18 aliphatic carbocycles. The molecular formula is C43H52. The summed E-state index contributed by atoms with van der Waals surface area (Å²) in [7, 11) is 0. The average Bonchev–Trinajstić information content (AvgIpc) is 2.93. The molecule has 0 N–H and O–H groups in total. The van der Waals surface area contributed by atoms with Crippen molar-refractivity contribution in [1.82, 2.24) is 0 Å². The van der Waals surface area contributed by atoms with Gasteiger partial charge in [-0.25, -0.2) is 0 Å². The van der Waals surface area contributed by atoms with E-state index in [-0.39, 0.29) is 0 Å². The van der Waals surface area contributed by atoms with E-state index in [9.17, 15) is 0 Å². The van der Waals surface area contributed by atoms with Gasteiger partial charge in [-0.05, 0) is 169 Å². The minimum Gasteiger partial charge on any atom is -0.0617 e. The van der Waals surface area contributed by atoms with E-state index in [1.807, 2.05) is 0 Å². The Hall–Kier alpha value is 0. The summed E-state index contributed by atoms with van der Waals surface area (Å²) in [4.78, 5) is 0. The van der Waals surface area contributed by atoms with Crippen LogP contribution in [0.15, 0.2) is 0 Å². The van der Waals surface area contributed by atoms with Gasteiger partial charge in [0.25, 0.3) is 0 Å². The molecule has 18 fully saturated rings. The van der Waals surface area contributed by atoms with E-state index in [1.54, 1.807) is 6.42 Å². The summed E-state index contributed by atoms with van der Waals surface area (Å²) in [5, 5.41) is 0. The molecule has 0 radical (unpaired) electrons. The molecule has 224 valence electrons. The van der Waals surface area contributed by atoms with Gasteiger partial charge in [0.15, 0.2) is 0 Å². The van der Waals surface area contributed by atoms with Crippen LogP contribution in [0.5, 0.6) is 0 Å². The molecule has 43 heavy (non-hydrogen) atoms. The maximum atomic E-state index is 3.07. The first-order valence-corrected chi connectivity index (χ1v) is 19.9. The van der Waals surface area contributed by atoms with Gasteiger partial charge in [0.2, 0.25) is 0 Å². The number of hydrogen-bond donors (Lipinski definition) is 0. The first-order valence-electron chi connectivity index (χ1n) is 19.9. The fourth-order valence-electron chi connectivity index (χ4n) is 35.1. The predicted octanol–water partition coefficient (Wildman–Crippen LogP) is 8.41. The van der Waals surface area contributed by atoms with Crippen LogP contribution in [0.4, 0.5) is 0 Å². The normalized spacial score (nSPS) is 107. The van der Waals surface area contributed by atoms with Crippen molar-refractivity contribution in [3.63, 3.8) is 0 Å². The summed E-state index contributed by atoms with van der Waals surface area (Å²) < 4.78 is 0. The van der Waals surface area contributed by atoms with Crippen LogP contribution in [0.25, 0.3) is 0 Å². The Bertz CT molecular complexity index is 2030. The Balaban J connectivity index is 0.972. The quantitative estimate of drug-likeness (QED) is 0.275. The molecule has 0 heterocycles. The molecule has 28 atom stereocenters. The molecule has 0 amide bonds. The maximum absolute atomic E-state index is 3.07. The molecular weight excluding hydrogens is 516 g/mol. The highest BCUT2D eigenvalue weighted by atomic mass is 15.5. The summed E-state index contributed by atoms with van der Waals surface area (Å²) in [5.41, 5.74) is 12.4. The van der Waals surface area contributed by atoms with Gasteiger partial charge < -0.3 is 0 Å². The molecule has 18 rings (SSSR count). The summed E-state index contributed by atoms with van der Waals surface area (Å²) in [5.74, 6) is 12.6. The zero-order valence-corrected chi connectivity index (χ0v) is 29.1. The first kappa shape index (κ1) is 21.1. The lowest BCUT2D eigenvalue weighted by molar-refractivity contribution is -0.984. The SMILES string of the molecule is C[C@@H]1[C@@H]2C[C@H]3[C@H]4[C@H]5[C@H]6[C@H]7[C@@H]8[C@H]9[C@H]%10[C@@H](C)[C@]%11(C)C(C)(C)[C@@]%12(C)[C@@]%13(C)[C@@]%14(C)[C@@]%15(C)[C@@]%16(C)[C@@]%17(C)[C@@]%18(C)[C@]1(C)[C@@]32[C@]4%18[C@]5%17[C@]6%16[C@]7%15[C@]8%14[C@]9%13[C@]%10%12%11. The Labute approximate surface area is 258 Å². The van der Waals surface area contributed by atoms with Crippen LogP contribution >= 0.6 is 0 Å². The zero-order valence-electron chi connectivity index (χ0n) is 29.1. The van der Waals surface area contributed by atoms with Crippen molar-refractivity contribution in [2.45, 2.75) is 96.4 Å². The fraction of sp³-hybridized carbons (Fsp3) is 1.00. The molecule has 0 nitrogen and oxygen atoms in total. The monoisotopic (exact) mass is 568 g/mol. The van der Waals surface area contributed by atoms with Gasteiger partial charge in [0, 0.05) is 0 Å². The van der Waals surface area contributed by atoms with Crippen molar-refractivity contribution in [3.05, 3.63) is 0 Å². The Morgan fingerprint density at radius 3 is 1.33 bits per heavy atom. The second-order valence-electron chi connectivity index (χ2n) is 25.1. The Kier molecular flexibility index (Phi) is 1.72. The van der Waals surface area contributed by atoms with Gasteiger partial charge in [-0.15, -0.1) is 0 Å². The molecule has 0 bridgehead atoms. The molecule has 8 spiro atoms. The van der Waals surface area contributed by atoms with Crippen molar-refractivity contribution >= 4 is 0 Å². The van der Waals surface area contributed by atoms with Crippen molar-refractivity contribution in [2.24, 2.45) is 163 Å². The second-order valence-corrected chi connectivity index (χ2v) is 25.1. The standard InChI is InChI=1S/C43H52/c1-15-17-14-18-20-22-24-25-23-21-19-16(2)27(5)26(3,4)29(7)31(9)33(11)35(13)34(12)32(10)30(8)28(15,6)36(17,18)38(20,30)40(22,32)42(24,34)43(25,35)41(23,33)39(21,31)37(19,27)29/h15-25H,14H2,1-13H3/t15-,16-,17+,18+,19-,20+,21-,22+,23+,24+,25-,27-,28-,29+,30-,31+,32-,33+,34-,35+,36+,37+,38+,39-,40+,41-,42+,43-/m1/s1. The second kappa shape index (κ2) is 3.50. The third-order valence-electron chi connectivity index (χ3n) is 32.1. The van der Waals surface area contributed by atoms with Crippen LogP contribution in [0.2, 0.25) is 0 Å². The average molecular weight is 569 g/mol. The van der Waals surface area contributed by atoms with E-state index in [0.29, 0.717) is 54.1 Å². The van der Waals surface area contributed by atoms with Crippen LogP contribution in [0, 0.1) is 163 Å². The predicted molar refractivity (Wildman–Crippen MR) is 161 cm³/mol. The topological polar surface area (TPSA) is 0 Å². The van der Waals surface area contributed by atoms with E-state index in [1.165, 1.54) is 35.5 Å². The van der Waals surface area contributed by atoms with E-state index >= 15 is 0 Å². The smallest absolute Gasteiger partial charge is 0.00566 e. The number of fused-ring (bicyclic) bond motifs is 14. The Morgan fingerprint density at radius 1 is 0.349 bits per heavy atom. The fourth-order valence-corrected chi connectivity index (χ4v) is 35.1. The lowest BCUT2D eigenvalue weighted by atomic mass is 8.59. The summed E-state index contributed by atoms with van der Waals surface area (Å²) in [6, 6.07) is 0. The third-order valence-corrected chi connectivity index (χ3v) is 32.1. The van der Waals surface area contributed by atoms with Crippen molar-refractivity contribution < 1.29 is 0 Å². The van der Waals surface area contributed by atoms with Gasteiger partial charge in [-0.2, -0.15) is 0 Å². The largest absolute Gasteiger partial charge is 0.0617 e. The zero-order chi connectivity index (χ0) is 29.1. The van der Waals surface area contributed by atoms with Crippen LogP contribution < -0.4 is 0 Å². The summed E-state index contributed by atoms with van der Waals surface area (Å²) >= 11 is 0. The van der Waals surface area contributed by atoms with Crippen molar-refractivity contribution in [1.29, 1.82) is 0 Å². The van der Waals surface area contributed by atoms with E-state index in [4.69, 9.17) is 0 Å². The maximum Gasteiger partial charge on any atom is -0.00566 e. The summed E-state index contributed by atoms with van der Waals surface area (Å²) in [6.07, 6.45) is 1.66. The molecule has 0 saturated heterocycles. The minimum atomic E-state index is 0.485. The minimum absolute atomic E-state index is 0.485. The van der Waals surface area contributed by atoms with Gasteiger partial charge >= 0.3 is 0 Å². The third kappa shape index (κ3) is 0.613. The van der Waals surface area contributed by atoms with E-state index in [2.05, 4.69) is 90.0 Å². The van der Waals surface area contributed by atoms with Crippen LogP contribution in [0.1, 0.15) is 96.4 Å². The summed E-state index contributed by atoms with van der Waals surface area (Å²) in [6.45, 7) is 38.1. The lowest BCUT2D eigenvalue weighted by Gasteiger charge is -3.43. The molecule has 18 saturated carbocycles. The van der Waals surface area contributed by atoms with E-state index in [0.717, 1.165) is 72.9 Å². The van der Waals surface area contributed by atoms with Crippen LogP contribution in [0.3, 0.4) is 0 Å². The van der Waals surface area contributed by atoms with E-state index < -0.39 is 0 Å². The lowest BCUT2D eigenvalue weighted by Crippen LogP contribution is -3.42. The first-order chi connectivity index (χ1) is 19.9. The van der Waals surface area contributed by atoms with Gasteiger partial charge in [0.05, 0.1) is 0 Å². The molecule has 18 aliphatic rings. The molecule has 0 heteroatoms.